The SMILES string of the molecule is C[C@@H]1O[C@@H](O[C@H]2[C@@H](O)[C@H](O)O[C@H](CO[C@@H]3O[C@H](CO)[C@H](O)[C@@H](O)[C@H]3OC(=O)[C@]34CCC(C)(C)C[C@@H]3C3=CC[C@H]5[C@@]6(C)CC[C@H](O[C@H]7O[C@@H](O[C@H]8O[C@H](C)[C@H](O)[C@@H](O)[C@@H]8O)[C@@H](O)[C@@H](O)[C@@H]7O)C(C)(C)[C@@H]6CC[C@@]5(C)[C@]3(C)CC4)[C@@H]2O)[C@H](O)[C@@H](O)[C@@H]1O. The van der Waals surface area contributed by atoms with Gasteiger partial charge in [0.25, 0.3) is 0 Å². The highest BCUT2D eigenvalue weighted by Gasteiger charge is 2.70. The summed E-state index contributed by atoms with van der Waals surface area (Å²) in [5, 5.41) is 162. The van der Waals surface area contributed by atoms with Crippen LogP contribution >= 0.6 is 0 Å². The summed E-state index contributed by atoms with van der Waals surface area (Å²) in [6, 6.07) is 0. The van der Waals surface area contributed by atoms with E-state index in [1.165, 1.54) is 19.4 Å². The number of allylic oxidation sites excluding steroid dienone is 2. The molecule has 26 nitrogen and oxygen atoms in total. The minimum Gasteiger partial charge on any atom is -0.454 e. The van der Waals surface area contributed by atoms with Gasteiger partial charge in [0.05, 0.1) is 36.9 Å². The number of fused-ring (bicyclic) bond motifs is 7. The van der Waals surface area contributed by atoms with Gasteiger partial charge in [0, 0.05) is 0 Å². The molecular weight excluding hydrogens is 1120 g/mol. The molecule has 85 heavy (non-hydrogen) atoms. The Morgan fingerprint density at radius 2 is 1.09 bits per heavy atom. The van der Waals surface area contributed by atoms with Crippen LogP contribution in [-0.4, -0.2) is 256 Å². The first-order valence-electron chi connectivity index (χ1n) is 30.6. The summed E-state index contributed by atoms with van der Waals surface area (Å²) in [5.41, 5.74) is -1.48. The van der Waals surface area contributed by atoms with Gasteiger partial charge in [0.2, 0.25) is 0 Å². The molecule has 10 rings (SSSR count). The predicted molar refractivity (Wildman–Crippen MR) is 288 cm³/mol. The van der Waals surface area contributed by atoms with Gasteiger partial charge in [-0.25, -0.2) is 0 Å². The van der Waals surface area contributed by atoms with Gasteiger partial charge in [0.1, 0.15) is 97.7 Å². The molecule has 5 aliphatic carbocycles. The van der Waals surface area contributed by atoms with Crippen molar-refractivity contribution >= 4 is 5.97 Å². The van der Waals surface area contributed by atoms with Crippen molar-refractivity contribution < 1.29 is 129 Å². The number of aliphatic hydroxyl groups excluding tert-OH is 15. The van der Waals surface area contributed by atoms with E-state index in [1.54, 1.807) is 0 Å². The maximum absolute atomic E-state index is 15.5. The molecule has 5 saturated heterocycles. The lowest BCUT2D eigenvalue weighted by Crippen LogP contribution is -2.66. The summed E-state index contributed by atoms with van der Waals surface area (Å²) in [4.78, 5) is 15.5. The minimum atomic E-state index is -1.99. The summed E-state index contributed by atoms with van der Waals surface area (Å²) in [6.07, 6.45) is -32.3. The van der Waals surface area contributed by atoms with E-state index in [0.29, 0.717) is 38.5 Å². The van der Waals surface area contributed by atoms with Crippen molar-refractivity contribution in [2.24, 2.45) is 50.2 Å². The van der Waals surface area contributed by atoms with E-state index in [4.69, 9.17) is 47.4 Å². The Morgan fingerprint density at radius 1 is 0.529 bits per heavy atom. The van der Waals surface area contributed by atoms with Crippen LogP contribution in [0.5, 0.6) is 0 Å². The lowest BCUT2D eigenvalue weighted by molar-refractivity contribution is -0.405. The molecule has 0 aromatic rings. The zero-order valence-corrected chi connectivity index (χ0v) is 50.0. The third-order valence-corrected chi connectivity index (χ3v) is 23.1. The van der Waals surface area contributed by atoms with Gasteiger partial charge < -0.3 is 124 Å². The molecule has 5 heterocycles. The second kappa shape index (κ2) is 24.1. The third kappa shape index (κ3) is 11.1. The average Bonchev–Trinajstić information content (AvgIpc) is 0.853. The molecule has 15 N–H and O–H groups in total. The van der Waals surface area contributed by atoms with Gasteiger partial charge in [-0.2, -0.15) is 0 Å². The van der Waals surface area contributed by atoms with Crippen molar-refractivity contribution in [1.82, 2.24) is 0 Å². The Kier molecular flexibility index (Phi) is 18.7. The first kappa shape index (κ1) is 66.2. The Bertz CT molecular complexity index is 2380. The van der Waals surface area contributed by atoms with Crippen LogP contribution in [0, 0.1) is 50.2 Å². The van der Waals surface area contributed by atoms with Crippen molar-refractivity contribution in [3.8, 4) is 0 Å². The maximum atomic E-state index is 15.5. The van der Waals surface area contributed by atoms with Crippen molar-refractivity contribution in [2.45, 2.75) is 286 Å². The topological polar surface area (TPSA) is 413 Å². The first-order chi connectivity index (χ1) is 39.7. The molecule has 488 valence electrons. The third-order valence-electron chi connectivity index (χ3n) is 23.1. The summed E-state index contributed by atoms with van der Waals surface area (Å²) in [7, 11) is 0. The lowest BCUT2D eigenvalue weighted by Gasteiger charge is -2.71. The van der Waals surface area contributed by atoms with Gasteiger partial charge in [-0.05, 0) is 123 Å². The summed E-state index contributed by atoms with van der Waals surface area (Å²) < 4.78 is 59.1. The molecule has 5 aliphatic heterocycles. The smallest absolute Gasteiger partial charge is 0.313 e. The summed E-state index contributed by atoms with van der Waals surface area (Å²) in [5.74, 6) is -0.640. The zero-order valence-electron chi connectivity index (χ0n) is 50.0. The fourth-order valence-electron chi connectivity index (χ4n) is 17.5. The number of aliphatic hydroxyl groups is 15. The molecule has 0 unspecified atom stereocenters. The molecule has 9 fully saturated rings. The molecule has 0 bridgehead atoms. The van der Waals surface area contributed by atoms with E-state index in [-0.39, 0.29) is 39.4 Å². The quantitative estimate of drug-likeness (QED) is 0.0560. The average molecular weight is 1220 g/mol. The van der Waals surface area contributed by atoms with Crippen LogP contribution in [0.1, 0.15) is 127 Å². The van der Waals surface area contributed by atoms with Crippen LogP contribution < -0.4 is 0 Å². The predicted octanol–water partition coefficient (Wildman–Crippen LogP) is -2.20. The largest absolute Gasteiger partial charge is 0.454 e. The molecule has 0 radical (unpaired) electrons. The molecule has 0 aromatic heterocycles. The normalized spacial score (nSPS) is 55.0. The van der Waals surface area contributed by atoms with Crippen LogP contribution in [0.2, 0.25) is 0 Å². The van der Waals surface area contributed by atoms with Crippen molar-refractivity contribution in [2.75, 3.05) is 13.2 Å². The minimum absolute atomic E-state index is 0.101. The van der Waals surface area contributed by atoms with Crippen molar-refractivity contribution in [3.63, 3.8) is 0 Å². The highest BCUT2D eigenvalue weighted by atomic mass is 16.8. The fourth-order valence-corrected chi connectivity index (χ4v) is 17.5. The molecule has 10 aliphatic rings. The van der Waals surface area contributed by atoms with Gasteiger partial charge in [-0.1, -0.05) is 60.1 Å². The lowest BCUT2D eigenvalue weighted by atomic mass is 9.33. The molecule has 26 heteroatoms. The van der Waals surface area contributed by atoms with Gasteiger partial charge in [-0.3, -0.25) is 4.79 Å². The number of hydrogen-bond acceptors (Lipinski definition) is 26. The second-order valence-electron chi connectivity index (χ2n) is 28.8. The molecule has 33 atom stereocenters. The van der Waals surface area contributed by atoms with Crippen LogP contribution in [0.15, 0.2) is 11.6 Å². The van der Waals surface area contributed by atoms with Crippen molar-refractivity contribution in [3.05, 3.63) is 11.6 Å². The number of rotatable bonds is 12. The van der Waals surface area contributed by atoms with Gasteiger partial charge in [-0.15, -0.1) is 0 Å². The van der Waals surface area contributed by atoms with E-state index in [2.05, 4.69) is 54.5 Å². The molecule has 0 aromatic carbocycles. The highest BCUT2D eigenvalue weighted by Crippen LogP contribution is 2.76. The van der Waals surface area contributed by atoms with Gasteiger partial charge >= 0.3 is 5.97 Å². The monoisotopic (exact) mass is 1220 g/mol. The van der Waals surface area contributed by atoms with E-state index >= 15 is 4.79 Å². The van der Waals surface area contributed by atoms with Gasteiger partial charge in [0.15, 0.2) is 43.8 Å². The van der Waals surface area contributed by atoms with Crippen LogP contribution in [0.25, 0.3) is 0 Å². The molecule has 0 spiro atoms. The van der Waals surface area contributed by atoms with Crippen molar-refractivity contribution in [1.29, 1.82) is 0 Å². The maximum Gasteiger partial charge on any atom is 0.313 e. The first-order valence-corrected chi connectivity index (χ1v) is 30.6. The van der Waals surface area contributed by atoms with E-state index in [1.807, 2.05) is 0 Å². The van der Waals surface area contributed by atoms with Crippen LogP contribution in [0.4, 0.5) is 0 Å². The molecule has 0 amide bonds. The number of carbonyl (C=O) groups is 1. The number of hydrogen-bond donors (Lipinski definition) is 15. The summed E-state index contributed by atoms with van der Waals surface area (Å²) >= 11 is 0. The Labute approximate surface area is 494 Å². The van der Waals surface area contributed by atoms with E-state index in [0.717, 1.165) is 25.7 Å². The summed E-state index contributed by atoms with van der Waals surface area (Å²) in [6.45, 7) is 17.2. The van der Waals surface area contributed by atoms with Crippen LogP contribution in [0.3, 0.4) is 0 Å². The molecule has 4 saturated carbocycles. The van der Waals surface area contributed by atoms with E-state index < -0.39 is 190 Å². The highest BCUT2D eigenvalue weighted by molar-refractivity contribution is 5.79. The standard InChI is InChI=1S/C59H96O26/c1-23-32(61)36(65)40(69)48(77-23)82-45-35(64)28(79-47(74)44(45)73)22-76-52-46(39(68)34(63)27(21-60)80-52)83-53(75)59-18-16-54(3,4)20-26(59)25-10-11-30-56(7)14-13-31(55(5,6)29(56)12-15-58(30,9)57(25,8)17-19-59)81-50-42(71)38(67)43(72)51(85-50)84-49-41(70)37(66)33(62)24(2)78-49/h10,23-24,26-52,60-74H,11-22H2,1-9H3/t23-,24+,26+,27+,28+,29-,30-,31-,32+,33-,34-,35-,36-,37+,38-,39+,40+,41-,42-,43-,44+,45+,46+,47+,48-,49+,50-,51+,52+,56-,57+,58+,59-/m0/s1. The second-order valence-corrected chi connectivity index (χ2v) is 28.8. The number of carbonyl (C=O) groups excluding carboxylic acids is 1. The Balaban J connectivity index is 0.854. The Hall–Kier alpha value is -1.75. The van der Waals surface area contributed by atoms with E-state index in [9.17, 15) is 76.6 Å². The fraction of sp³-hybridized carbons (Fsp3) is 0.949. The number of ether oxygens (including phenoxy) is 10. The number of esters is 1. The Morgan fingerprint density at radius 3 is 1.71 bits per heavy atom. The zero-order chi connectivity index (χ0) is 62.2. The molecular formula is C59H96O26. The van der Waals surface area contributed by atoms with Crippen LogP contribution in [-0.2, 0) is 52.2 Å².